The van der Waals surface area contributed by atoms with Crippen molar-refractivity contribution in [2.75, 3.05) is 23.7 Å². The molecule has 2 aromatic carbocycles. The summed E-state index contributed by atoms with van der Waals surface area (Å²) in [5.74, 6) is -0.802. The Labute approximate surface area is 208 Å². The van der Waals surface area contributed by atoms with E-state index in [9.17, 15) is 18.0 Å². The van der Waals surface area contributed by atoms with Gasteiger partial charge in [0.05, 0.1) is 11.9 Å². The lowest BCUT2D eigenvalue weighted by Gasteiger charge is -2.31. The predicted octanol–water partition coefficient (Wildman–Crippen LogP) is 3.96. The molecule has 0 aromatic heterocycles. The molecule has 0 bridgehead atoms. The van der Waals surface area contributed by atoms with Crippen LogP contribution in [0, 0.1) is 0 Å². The Balaban J connectivity index is 2.38. The second-order valence-electron chi connectivity index (χ2n) is 9.29. The van der Waals surface area contributed by atoms with Crippen LogP contribution in [0.4, 0.5) is 5.69 Å². The number of halogens is 1. The van der Waals surface area contributed by atoms with E-state index in [1.807, 2.05) is 12.1 Å². The van der Waals surface area contributed by atoms with Gasteiger partial charge >= 0.3 is 0 Å². The van der Waals surface area contributed by atoms with Crippen LogP contribution in [0.3, 0.4) is 0 Å². The van der Waals surface area contributed by atoms with Crippen LogP contribution < -0.4 is 9.62 Å². The van der Waals surface area contributed by atoms with E-state index >= 15 is 0 Å². The van der Waals surface area contributed by atoms with Crippen LogP contribution in [0.5, 0.6) is 0 Å². The Kier molecular flexibility index (Phi) is 9.14. The van der Waals surface area contributed by atoms with E-state index in [4.69, 9.17) is 11.6 Å². The van der Waals surface area contributed by atoms with Gasteiger partial charge in [0.15, 0.2) is 0 Å². The summed E-state index contributed by atoms with van der Waals surface area (Å²) < 4.78 is 26.3. The van der Waals surface area contributed by atoms with Gasteiger partial charge in [0, 0.05) is 18.1 Å². The minimum absolute atomic E-state index is 0.0955. The molecule has 34 heavy (non-hydrogen) atoms. The number of nitrogens with zero attached hydrogens (tertiary/aromatic N) is 2. The van der Waals surface area contributed by atoms with Gasteiger partial charge in [-0.1, -0.05) is 56.6 Å². The summed E-state index contributed by atoms with van der Waals surface area (Å²) in [7, 11) is -3.76. The van der Waals surface area contributed by atoms with Crippen LogP contribution in [0.25, 0.3) is 0 Å². The van der Waals surface area contributed by atoms with Crippen molar-refractivity contribution < 1.29 is 18.0 Å². The van der Waals surface area contributed by atoms with E-state index in [0.29, 0.717) is 17.3 Å². The number of sulfonamides is 1. The second-order valence-corrected chi connectivity index (χ2v) is 11.6. The molecule has 2 amide bonds. The first kappa shape index (κ1) is 27.7. The Hall–Kier alpha value is -2.58. The van der Waals surface area contributed by atoms with Gasteiger partial charge in [0.25, 0.3) is 0 Å². The lowest BCUT2D eigenvalue weighted by molar-refractivity contribution is -0.139. The van der Waals surface area contributed by atoms with Crippen LogP contribution in [0.15, 0.2) is 48.5 Å². The van der Waals surface area contributed by atoms with Gasteiger partial charge in [0.1, 0.15) is 12.6 Å². The average Bonchev–Trinajstić information content (AvgIpc) is 2.75. The molecule has 1 atom stereocenters. The maximum absolute atomic E-state index is 13.4. The van der Waals surface area contributed by atoms with Crippen LogP contribution in [0.1, 0.15) is 45.7 Å². The van der Waals surface area contributed by atoms with E-state index in [0.717, 1.165) is 21.7 Å². The van der Waals surface area contributed by atoms with Crippen molar-refractivity contribution in [1.82, 2.24) is 10.2 Å². The summed E-state index contributed by atoms with van der Waals surface area (Å²) in [5, 5.41) is 3.28. The highest BCUT2D eigenvalue weighted by atomic mass is 35.5. The number of carbonyl (C=O) groups is 2. The fourth-order valence-corrected chi connectivity index (χ4v) is 4.41. The van der Waals surface area contributed by atoms with E-state index in [-0.39, 0.29) is 17.9 Å². The third-order valence-corrected chi connectivity index (χ3v) is 6.88. The van der Waals surface area contributed by atoms with E-state index in [1.165, 1.54) is 4.90 Å². The smallest absolute Gasteiger partial charge is 0.244 e. The number of nitrogens with one attached hydrogen (secondary N) is 1. The summed E-state index contributed by atoms with van der Waals surface area (Å²) in [5.41, 5.74) is 2.11. The first-order valence-corrected chi connectivity index (χ1v) is 13.4. The van der Waals surface area contributed by atoms with Gasteiger partial charge in [-0.3, -0.25) is 13.9 Å². The average molecular weight is 508 g/mol. The van der Waals surface area contributed by atoms with E-state index in [1.54, 1.807) is 50.2 Å². The first-order chi connectivity index (χ1) is 15.7. The molecule has 0 unspecified atom stereocenters. The number of benzene rings is 2. The zero-order valence-electron chi connectivity index (χ0n) is 20.6. The van der Waals surface area contributed by atoms with Crippen LogP contribution >= 0.6 is 11.6 Å². The predicted molar refractivity (Wildman–Crippen MR) is 137 cm³/mol. The molecule has 0 fully saturated rings. The first-order valence-electron chi connectivity index (χ1n) is 11.1. The van der Waals surface area contributed by atoms with Crippen molar-refractivity contribution in [1.29, 1.82) is 0 Å². The number of hydrogen-bond acceptors (Lipinski definition) is 4. The highest BCUT2D eigenvalue weighted by Crippen LogP contribution is 2.26. The molecule has 7 nitrogen and oxygen atoms in total. The minimum Gasteiger partial charge on any atom is -0.355 e. The molecule has 0 heterocycles. The molecule has 1 N–H and O–H groups in total. The molecule has 0 aliphatic carbocycles. The Morgan fingerprint density at radius 2 is 1.59 bits per heavy atom. The molecule has 2 rings (SSSR count). The molecule has 0 saturated carbocycles. The zero-order valence-corrected chi connectivity index (χ0v) is 22.2. The molecule has 0 radical (unpaired) electrons. The van der Waals surface area contributed by atoms with Gasteiger partial charge < -0.3 is 10.2 Å². The summed E-state index contributed by atoms with van der Waals surface area (Å²) in [6, 6.07) is 13.3. The number of amides is 2. The summed E-state index contributed by atoms with van der Waals surface area (Å²) in [4.78, 5) is 27.4. The monoisotopic (exact) mass is 507 g/mol. The standard InChI is InChI=1S/C25H34ClN3O4S/c1-7-27-24(31)18(2)28(16-19-8-12-21(26)13-9-19)23(30)17-29(34(6,32)33)22-14-10-20(11-15-22)25(3,4)5/h8-15,18H,7,16-17H2,1-6H3,(H,27,31)/t18-/m0/s1. The number of carbonyl (C=O) groups excluding carboxylic acids is 2. The minimum atomic E-state index is -3.76. The molecular weight excluding hydrogens is 474 g/mol. The fraction of sp³-hybridized carbons (Fsp3) is 0.440. The van der Waals surface area contributed by atoms with Crippen molar-refractivity contribution in [3.8, 4) is 0 Å². The maximum atomic E-state index is 13.4. The normalized spacial score (nSPS) is 12.7. The molecule has 186 valence electrons. The van der Waals surface area contributed by atoms with Crippen LogP contribution in [-0.4, -0.2) is 50.5 Å². The lowest BCUT2D eigenvalue weighted by Crippen LogP contribution is -2.51. The third kappa shape index (κ3) is 7.46. The van der Waals surface area contributed by atoms with Crippen molar-refractivity contribution in [3.63, 3.8) is 0 Å². The summed E-state index contributed by atoms with van der Waals surface area (Å²) in [6.07, 6.45) is 1.06. The summed E-state index contributed by atoms with van der Waals surface area (Å²) in [6.45, 7) is 9.75. The van der Waals surface area contributed by atoms with Crippen LogP contribution in [-0.2, 0) is 31.6 Å². The van der Waals surface area contributed by atoms with Gasteiger partial charge in [0.2, 0.25) is 21.8 Å². The largest absolute Gasteiger partial charge is 0.355 e. The van der Waals surface area contributed by atoms with Crippen molar-refractivity contribution in [2.24, 2.45) is 0 Å². The molecule has 0 aliphatic heterocycles. The SMILES string of the molecule is CCNC(=O)[C@H](C)N(Cc1ccc(Cl)cc1)C(=O)CN(c1ccc(C(C)(C)C)cc1)S(C)(=O)=O. The van der Waals surface area contributed by atoms with Crippen molar-refractivity contribution >= 4 is 39.1 Å². The number of hydrogen-bond donors (Lipinski definition) is 1. The topological polar surface area (TPSA) is 86.8 Å². The molecule has 0 spiro atoms. The number of anilines is 1. The van der Waals surface area contributed by atoms with Gasteiger partial charge in [-0.05, 0) is 54.7 Å². The molecule has 0 aliphatic rings. The molecule has 9 heteroatoms. The molecule has 0 saturated heterocycles. The zero-order chi connectivity index (χ0) is 25.7. The fourth-order valence-electron chi connectivity index (χ4n) is 3.43. The molecular formula is C25H34ClN3O4S. The maximum Gasteiger partial charge on any atom is 0.244 e. The Morgan fingerprint density at radius 1 is 1.03 bits per heavy atom. The van der Waals surface area contributed by atoms with E-state index < -0.39 is 28.5 Å². The van der Waals surface area contributed by atoms with Gasteiger partial charge in [-0.2, -0.15) is 0 Å². The van der Waals surface area contributed by atoms with Gasteiger partial charge in [-0.15, -0.1) is 0 Å². The van der Waals surface area contributed by atoms with Crippen molar-refractivity contribution in [2.45, 2.75) is 52.6 Å². The number of likely N-dealkylation sites (N-methyl/N-ethyl adjacent to an activating group) is 1. The molecule has 2 aromatic rings. The quantitative estimate of drug-likeness (QED) is 0.556. The van der Waals surface area contributed by atoms with Crippen molar-refractivity contribution in [3.05, 3.63) is 64.7 Å². The number of rotatable bonds is 9. The highest BCUT2D eigenvalue weighted by Gasteiger charge is 2.30. The Bertz CT molecular complexity index is 1090. The van der Waals surface area contributed by atoms with Gasteiger partial charge in [-0.25, -0.2) is 8.42 Å². The lowest BCUT2D eigenvalue weighted by atomic mass is 9.87. The van der Waals surface area contributed by atoms with E-state index in [2.05, 4.69) is 26.1 Å². The van der Waals surface area contributed by atoms with Crippen LogP contribution in [0.2, 0.25) is 5.02 Å². The summed E-state index contributed by atoms with van der Waals surface area (Å²) >= 11 is 5.97. The second kappa shape index (κ2) is 11.2. The Morgan fingerprint density at radius 3 is 2.06 bits per heavy atom. The third-order valence-electron chi connectivity index (χ3n) is 5.48. The highest BCUT2D eigenvalue weighted by molar-refractivity contribution is 7.92.